The van der Waals surface area contributed by atoms with E-state index in [0.29, 0.717) is 11.8 Å². The summed E-state index contributed by atoms with van der Waals surface area (Å²) >= 11 is 0. The molecule has 0 saturated heterocycles. The van der Waals surface area contributed by atoms with Gasteiger partial charge in [-0.15, -0.1) is 0 Å². The van der Waals surface area contributed by atoms with Gasteiger partial charge in [0, 0.05) is 11.8 Å². The summed E-state index contributed by atoms with van der Waals surface area (Å²) < 4.78 is 0. The van der Waals surface area contributed by atoms with Crippen LogP contribution in [-0.2, 0) is 0 Å². The molecule has 0 aromatic rings. The molecule has 3 aliphatic carbocycles. The van der Waals surface area contributed by atoms with Crippen LogP contribution < -0.4 is 0 Å². The van der Waals surface area contributed by atoms with Crippen molar-refractivity contribution in [3.8, 4) is 0 Å². The van der Waals surface area contributed by atoms with Gasteiger partial charge in [-0.25, -0.2) is 0 Å². The van der Waals surface area contributed by atoms with Crippen LogP contribution in [0.1, 0.15) is 20.8 Å². The van der Waals surface area contributed by atoms with E-state index in [1.54, 1.807) is 0 Å². The molecular weight excluding hydrogens is 228 g/mol. The van der Waals surface area contributed by atoms with Gasteiger partial charge in [-0.05, 0) is 34.8 Å². The SMILES string of the molecule is C=CC1=CC(C)=C2C=CC=C3C=CC(=C)C1C32.CC. The van der Waals surface area contributed by atoms with E-state index >= 15 is 0 Å². The minimum atomic E-state index is 0.382. The lowest BCUT2D eigenvalue weighted by Crippen LogP contribution is -2.27. The fourth-order valence-electron chi connectivity index (χ4n) is 3.09. The van der Waals surface area contributed by atoms with Crippen molar-refractivity contribution in [2.45, 2.75) is 20.8 Å². The Morgan fingerprint density at radius 3 is 2.53 bits per heavy atom. The predicted octanol–water partition coefficient (Wildman–Crippen LogP) is 5.31. The quantitative estimate of drug-likeness (QED) is 0.591. The Labute approximate surface area is 116 Å². The van der Waals surface area contributed by atoms with E-state index < -0.39 is 0 Å². The second kappa shape index (κ2) is 5.44. The van der Waals surface area contributed by atoms with Gasteiger partial charge in [0.2, 0.25) is 0 Å². The summed E-state index contributed by atoms with van der Waals surface area (Å²) in [4.78, 5) is 0. The highest BCUT2D eigenvalue weighted by Gasteiger charge is 2.36. The molecule has 3 aliphatic rings. The third kappa shape index (κ3) is 2.12. The van der Waals surface area contributed by atoms with E-state index in [1.165, 1.54) is 27.9 Å². The van der Waals surface area contributed by atoms with Crippen LogP contribution in [-0.4, -0.2) is 0 Å². The molecule has 19 heavy (non-hydrogen) atoms. The molecule has 0 saturated carbocycles. The maximum absolute atomic E-state index is 4.20. The van der Waals surface area contributed by atoms with Gasteiger partial charge in [-0.1, -0.05) is 69.5 Å². The Kier molecular flexibility index (Phi) is 3.90. The molecule has 2 unspecified atom stereocenters. The summed E-state index contributed by atoms with van der Waals surface area (Å²) in [7, 11) is 0. The summed E-state index contributed by atoms with van der Waals surface area (Å²) in [5.74, 6) is 0.836. The second-order valence-electron chi connectivity index (χ2n) is 4.88. The first-order chi connectivity index (χ1) is 9.22. The predicted molar refractivity (Wildman–Crippen MR) is 84.8 cm³/mol. The Balaban J connectivity index is 0.000000637. The van der Waals surface area contributed by atoms with Crippen molar-refractivity contribution in [1.82, 2.24) is 0 Å². The van der Waals surface area contributed by atoms with Crippen LogP contribution in [0, 0.1) is 11.8 Å². The van der Waals surface area contributed by atoms with Crippen LogP contribution in [0.3, 0.4) is 0 Å². The number of allylic oxidation sites excluding steroid dienone is 12. The fourth-order valence-corrected chi connectivity index (χ4v) is 3.09. The van der Waals surface area contributed by atoms with Gasteiger partial charge in [-0.2, -0.15) is 0 Å². The molecule has 0 N–H and O–H groups in total. The van der Waals surface area contributed by atoms with Gasteiger partial charge >= 0.3 is 0 Å². The molecule has 0 amide bonds. The van der Waals surface area contributed by atoms with Crippen LogP contribution in [0.4, 0.5) is 0 Å². The first kappa shape index (κ1) is 13.6. The van der Waals surface area contributed by atoms with Crippen molar-refractivity contribution in [3.05, 3.63) is 83.6 Å². The highest BCUT2D eigenvalue weighted by molar-refractivity contribution is 5.59. The van der Waals surface area contributed by atoms with Crippen LogP contribution >= 0.6 is 0 Å². The molecule has 2 atom stereocenters. The summed E-state index contributed by atoms with van der Waals surface area (Å²) in [5, 5.41) is 0. The maximum atomic E-state index is 4.20. The zero-order valence-corrected chi connectivity index (χ0v) is 12.1. The van der Waals surface area contributed by atoms with Crippen LogP contribution in [0.2, 0.25) is 0 Å². The van der Waals surface area contributed by atoms with E-state index in [4.69, 9.17) is 0 Å². The minimum Gasteiger partial charge on any atom is -0.0988 e. The second-order valence-corrected chi connectivity index (χ2v) is 4.88. The average molecular weight is 250 g/mol. The average Bonchev–Trinajstić information content (AvgIpc) is 2.46. The lowest BCUT2D eigenvalue weighted by Gasteiger charge is -2.39. The number of hydrogen-bond donors (Lipinski definition) is 0. The van der Waals surface area contributed by atoms with Gasteiger partial charge in [-0.3, -0.25) is 0 Å². The standard InChI is InChI=1S/C17H16.C2H6/c1-4-13-10-12(3)15-7-5-6-14-9-8-11(2)16(13)17(14)15;1-2/h4-10,16-17H,1-2H2,3H3;1-2H3. The lowest BCUT2D eigenvalue weighted by atomic mass is 9.65. The Morgan fingerprint density at radius 2 is 1.84 bits per heavy atom. The summed E-state index contributed by atoms with van der Waals surface area (Å²) in [5.41, 5.74) is 6.67. The molecule has 0 fully saturated rings. The highest BCUT2D eigenvalue weighted by atomic mass is 14.4. The molecule has 98 valence electrons. The first-order valence-electron chi connectivity index (χ1n) is 7.02. The summed E-state index contributed by atoms with van der Waals surface area (Å²) in [6.07, 6.45) is 15.2. The van der Waals surface area contributed by atoms with Gasteiger partial charge in [0.15, 0.2) is 0 Å². The normalized spacial score (nSPS) is 27.0. The Hall–Kier alpha value is -1.82. The topological polar surface area (TPSA) is 0 Å². The van der Waals surface area contributed by atoms with Crippen molar-refractivity contribution in [2.75, 3.05) is 0 Å². The van der Waals surface area contributed by atoms with Crippen molar-refractivity contribution in [2.24, 2.45) is 11.8 Å². The van der Waals surface area contributed by atoms with E-state index in [-0.39, 0.29) is 0 Å². The van der Waals surface area contributed by atoms with Crippen molar-refractivity contribution < 1.29 is 0 Å². The van der Waals surface area contributed by atoms with Crippen molar-refractivity contribution >= 4 is 0 Å². The molecule has 0 bridgehead atoms. The third-order valence-electron chi connectivity index (χ3n) is 3.91. The Morgan fingerprint density at radius 1 is 1.11 bits per heavy atom. The van der Waals surface area contributed by atoms with E-state index in [9.17, 15) is 0 Å². The van der Waals surface area contributed by atoms with Gasteiger partial charge < -0.3 is 0 Å². The molecule has 3 rings (SSSR count). The number of rotatable bonds is 1. The molecule has 0 aliphatic heterocycles. The summed E-state index contributed by atoms with van der Waals surface area (Å²) in [6.45, 7) is 14.3. The first-order valence-corrected chi connectivity index (χ1v) is 7.02. The van der Waals surface area contributed by atoms with Crippen LogP contribution in [0.15, 0.2) is 83.6 Å². The molecule has 0 heteroatoms. The van der Waals surface area contributed by atoms with Gasteiger partial charge in [0.25, 0.3) is 0 Å². The van der Waals surface area contributed by atoms with Crippen LogP contribution in [0.25, 0.3) is 0 Å². The summed E-state index contributed by atoms with van der Waals surface area (Å²) in [6, 6.07) is 0. The molecule has 0 heterocycles. The van der Waals surface area contributed by atoms with Gasteiger partial charge in [0.1, 0.15) is 0 Å². The fraction of sp³-hybridized carbons (Fsp3) is 0.263. The molecule has 0 nitrogen and oxygen atoms in total. The highest BCUT2D eigenvalue weighted by Crippen LogP contribution is 2.47. The molecule has 0 spiro atoms. The van der Waals surface area contributed by atoms with Crippen molar-refractivity contribution in [1.29, 1.82) is 0 Å². The number of hydrogen-bond acceptors (Lipinski definition) is 0. The molecule has 0 aromatic carbocycles. The zero-order valence-electron chi connectivity index (χ0n) is 12.1. The van der Waals surface area contributed by atoms with Crippen molar-refractivity contribution in [3.63, 3.8) is 0 Å². The van der Waals surface area contributed by atoms with E-state index in [1.807, 2.05) is 19.9 Å². The van der Waals surface area contributed by atoms with Crippen LogP contribution in [0.5, 0.6) is 0 Å². The third-order valence-corrected chi connectivity index (χ3v) is 3.91. The minimum absolute atomic E-state index is 0.382. The Bertz CT molecular complexity index is 559. The molecular formula is C19H22. The van der Waals surface area contributed by atoms with Gasteiger partial charge in [0.05, 0.1) is 0 Å². The molecule has 0 aromatic heterocycles. The maximum Gasteiger partial charge on any atom is 0.0201 e. The van der Waals surface area contributed by atoms with E-state index in [2.05, 4.69) is 56.5 Å². The largest absolute Gasteiger partial charge is 0.0988 e. The zero-order chi connectivity index (χ0) is 14.0. The monoisotopic (exact) mass is 250 g/mol. The lowest BCUT2D eigenvalue weighted by molar-refractivity contribution is 0.563. The smallest absolute Gasteiger partial charge is 0.0201 e. The van der Waals surface area contributed by atoms with E-state index in [0.717, 1.165) is 0 Å². The molecule has 0 radical (unpaired) electrons.